The normalized spacial score (nSPS) is 16.5. The van der Waals surface area contributed by atoms with E-state index in [0.717, 1.165) is 40.0 Å². The molecule has 0 spiro atoms. The number of aromatic nitrogens is 2. The molecular weight excluding hydrogens is 358 g/mol. The van der Waals surface area contributed by atoms with Crippen LogP contribution in [0, 0.1) is 0 Å². The van der Waals surface area contributed by atoms with Crippen molar-refractivity contribution >= 4 is 16.9 Å². The summed E-state index contributed by atoms with van der Waals surface area (Å²) < 4.78 is 0. The van der Waals surface area contributed by atoms with Crippen molar-refractivity contribution in [3.05, 3.63) is 102 Å². The SMILES string of the molecule is C=C1C[C@@H](c2nc3ccccc3[nH]2)N(C(=O)c2ccc(-c3ccccc3)cc2)C1. The Kier molecular flexibility index (Phi) is 4.24. The van der Waals surface area contributed by atoms with E-state index in [1.54, 1.807) is 0 Å². The molecule has 29 heavy (non-hydrogen) atoms. The van der Waals surface area contributed by atoms with Crippen molar-refractivity contribution in [3.8, 4) is 11.1 Å². The van der Waals surface area contributed by atoms with Gasteiger partial charge in [0.25, 0.3) is 5.91 Å². The molecule has 0 bridgehead atoms. The minimum Gasteiger partial charge on any atom is -0.340 e. The minimum atomic E-state index is -0.115. The molecule has 5 rings (SSSR count). The van der Waals surface area contributed by atoms with E-state index in [1.165, 1.54) is 0 Å². The van der Waals surface area contributed by atoms with Gasteiger partial charge >= 0.3 is 0 Å². The van der Waals surface area contributed by atoms with Crippen LogP contribution in [0.15, 0.2) is 91.0 Å². The number of hydrogen-bond donors (Lipinski definition) is 1. The predicted molar refractivity (Wildman–Crippen MR) is 116 cm³/mol. The standard InChI is InChI=1S/C25H21N3O/c1-17-15-23(24-26-21-9-5-6-10-22(21)27-24)28(16-17)25(29)20-13-11-19(12-14-20)18-7-3-2-4-8-18/h2-14,23H,1,15-16H2,(H,26,27)/t23-/m0/s1. The number of para-hydroxylation sites is 2. The molecule has 0 unspecified atom stereocenters. The van der Waals surface area contributed by atoms with E-state index in [4.69, 9.17) is 4.98 Å². The number of nitrogens with zero attached hydrogens (tertiary/aromatic N) is 2. The number of amides is 1. The van der Waals surface area contributed by atoms with Crippen molar-refractivity contribution in [2.24, 2.45) is 0 Å². The lowest BCUT2D eigenvalue weighted by molar-refractivity contribution is 0.0733. The average Bonchev–Trinajstić information content (AvgIpc) is 3.37. The number of fused-ring (bicyclic) bond motifs is 1. The van der Waals surface area contributed by atoms with Crippen molar-refractivity contribution < 1.29 is 4.79 Å². The van der Waals surface area contributed by atoms with Gasteiger partial charge in [0.2, 0.25) is 0 Å². The Labute approximate surface area is 169 Å². The molecule has 1 saturated heterocycles. The van der Waals surface area contributed by atoms with Crippen LogP contribution >= 0.6 is 0 Å². The fourth-order valence-corrected chi connectivity index (χ4v) is 3.99. The molecule has 0 radical (unpaired) electrons. The number of benzene rings is 3. The number of likely N-dealkylation sites (tertiary alicyclic amines) is 1. The fraction of sp³-hybridized carbons (Fsp3) is 0.120. The van der Waals surface area contributed by atoms with Gasteiger partial charge < -0.3 is 9.88 Å². The lowest BCUT2D eigenvalue weighted by Crippen LogP contribution is -2.31. The van der Waals surface area contributed by atoms with Crippen LogP contribution < -0.4 is 0 Å². The van der Waals surface area contributed by atoms with E-state index in [2.05, 4.69) is 23.7 Å². The summed E-state index contributed by atoms with van der Waals surface area (Å²) in [5, 5.41) is 0. The molecule has 4 nitrogen and oxygen atoms in total. The predicted octanol–water partition coefficient (Wildman–Crippen LogP) is 5.37. The maximum Gasteiger partial charge on any atom is 0.254 e. The second kappa shape index (κ2) is 7.06. The van der Waals surface area contributed by atoms with Gasteiger partial charge in [-0.3, -0.25) is 4.79 Å². The monoisotopic (exact) mass is 379 g/mol. The average molecular weight is 379 g/mol. The molecule has 0 saturated carbocycles. The van der Waals surface area contributed by atoms with Crippen molar-refractivity contribution in [1.29, 1.82) is 0 Å². The summed E-state index contributed by atoms with van der Waals surface area (Å²) in [6.07, 6.45) is 0.730. The molecule has 142 valence electrons. The second-order valence-corrected chi connectivity index (χ2v) is 7.49. The third kappa shape index (κ3) is 3.23. The fourth-order valence-electron chi connectivity index (χ4n) is 3.99. The molecule has 0 aliphatic carbocycles. The van der Waals surface area contributed by atoms with Crippen molar-refractivity contribution in [1.82, 2.24) is 14.9 Å². The highest BCUT2D eigenvalue weighted by molar-refractivity contribution is 5.95. The molecule has 1 amide bonds. The van der Waals surface area contributed by atoms with E-state index in [9.17, 15) is 4.79 Å². The van der Waals surface area contributed by atoms with Gasteiger partial charge in [0.1, 0.15) is 5.82 Å². The van der Waals surface area contributed by atoms with Crippen LogP contribution in [0.1, 0.15) is 28.6 Å². The van der Waals surface area contributed by atoms with E-state index in [0.29, 0.717) is 12.1 Å². The van der Waals surface area contributed by atoms with Crippen molar-refractivity contribution in [2.75, 3.05) is 6.54 Å². The molecule has 1 aliphatic heterocycles. The van der Waals surface area contributed by atoms with Gasteiger partial charge in [-0.1, -0.05) is 66.7 Å². The lowest BCUT2D eigenvalue weighted by Gasteiger charge is -2.23. The zero-order valence-corrected chi connectivity index (χ0v) is 16.0. The highest BCUT2D eigenvalue weighted by Gasteiger charge is 2.34. The first-order valence-corrected chi connectivity index (χ1v) is 9.77. The van der Waals surface area contributed by atoms with Crippen LogP contribution in [0.2, 0.25) is 0 Å². The van der Waals surface area contributed by atoms with Crippen LogP contribution in [0.5, 0.6) is 0 Å². The number of aromatic amines is 1. The number of rotatable bonds is 3. The molecule has 3 aromatic carbocycles. The molecule has 1 aliphatic rings. The van der Waals surface area contributed by atoms with E-state index < -0.39 is 0 Å². The van der Waals surface area contributed by atoms with Crippen molar-refractivity contribution in [3.63, 3.8) is 0 Å². The first-order valence-electron chi connectivity index (χ1n) is 9.77. The Morgan fingerprint density at radius 2 is 1.62 bits per heavy atom. The first kappa shape index (κ1) is 17.4. The van der Waals surface area contributed by atoms with E-state index >= 15 is 0 Å². The van der Waals surface area contributed by atoms with Crippen LogP contribution in [0.3, 0.4) is 0 Å². The van der Waals surface area contributed by atoms with Gasteiger partial charge in [0.15, 0.2) is 0 Å². The van der Waals surface area contributed by atoms with Crippen LogP contribution in [0.25, 0.3) is 22.2 Å². The van der Waals surface area contributed by atoms with Gasteiger partial charge in [0, 0.05) is 12.1 Å². The molecule has 1 aromatic heterocycles. The van der Waals surface area contributed by atoms with E-state index in [1.807, 2.05) is 71.6 Å². The summed E-state index contributed by atoms with van der Waals surface area (Å²) in [6.45, 7) is 4.68. The van der Waals surface area contributed by atoms with Gasteiger partial charge in [-0.05, 0) is 41.8 Å². The topological polar surface area (TPSA) is 49.0 Å². The molecular formula is C25H21N3O. The second-order valence-electron chi connectivity index (χ2n) is 7.49. The number of carbonyl (C=O) groups is 1. The minimum absolute atomic E-state index is 0.00807. The number of nitrogens with one attached hydrogen (secondary N) is 1. The Morgan fingerprint density at radius 3 is 2.38 bits per heavy atom. The Morgan fingerprint density at radius 1 is 0.931 bits per heavy atom. The third-order valence-electron chi connectivity index (χ3n) is 5.48. The molecule has 2 heterocycles. The number of H-pyrrole nitrogens is 1. The highest BCUT2D eigenvalue weighted by atomic mass is 16.2. The Bertz CT molecular complexity index is 1160. The summed E-state index contributed by atoms with van der Waals surface area (Å²) in [5.74, 6) is 0.827. The Balaban J connectivity index is 1.43. The van der Waals surface area contributed by atoms with E-state index in [-0.39, 0.29) is 11.9 Å². The quantitative estimate of drug-likeness (QED) is 0.486. The molecule has 4 heteroatoms. The van der Waals surface area contributed by atoms with Crippen LogP contribution in [-0.4, -0.2) is 27.3 Å². The van der Waals surface area contributed by atoms with Crippen LogP contribution in [0.4, 0.5) is 0 Å². The number of hydrogen-bond acceptors (Lipinski definition) is 2. The lowest BCUT2D eigenvalue weighted by atomic mass is 10.0. The third-order valence-corrected chi connectivity index (χ3v) is 5.48. The summed E-state index contributed by atoms with van der Waals surface area (Å²) in [4.78, 5) is 23.3. The largest absolute Gasteiger partial charge is 0.340 e. The maximum absolute atomic E-state index is 13.3. The Hall–Kier alpha value is -3.66. The molecule has 1 atom stereocenters. The van der Waals surface area contributed by atoms with Gasteiger partial charge in [-0.25, -0.2) is 4.98 Å². The molecule has 1 fully saturated rings. The van der Waals surface area contributed by atoms with Gasteiger partial charge in [0.05, 0.1) is 17.1 Å². The number of imidazole rings is 1. The van der Waals surface area contributed by atoms with Crippen LogP contribution in [-0.2, 0) is 0 Å². The first-order chi connectivity index (χ1) is 14.2. The summed E-state index contributed by atoms with van der Waals surface area (Å²) in [5.41, 5.74) is 5.87. The molecule has 4 aromatic rings. The number of carbonyl (C=O) groups excluding carboxylic acids is 1. The summed E-state index contributed by atoms with van der Waals surface area (Å²) >= 11 is 0. The van der Waals surface area contributed by atoms with Gasteiger partial charge in [-0.2, -0.15) is 0 Å². The summed E-state index contributed by atoms with van der Waals surface area (Å²) in [7, 11) is 0. The van der Waals surface area contributed by atoms with Gasteiger partial charge in [-0.15, -0.1) is 0 Å². The zero-order chi connectivity index (χ0) is 19.8. The summed E-state index contributed by atoms with van der Waals surface area (Å²) in [6, 6.07) is 25.8. The van der Waals surface area contributed by atoms with Crippen molar-refractivity contribution in [2.45, 2.75) is 12.5 Å². The smallest absolute Gasteiger partial charge is 0.254 e. The highest BCUT2D eigenvalue weighted by Crippen LogP contribution is 2.35. The maximum atomic E-state index is 13.3. The zero-order valence-electron chi connectivity index (χ0n) is 16.0. The molecule has 1 N–H and O–H groups in total.